The van der Waals surface area contributed by atoms with Crippen LogP contribution in [0.1, 0.15) is 5.69 Å². The number of anilines is 2. The Kier molecular flexibility index (Phi) is 3.57. The SMILES string of the molecule is Cn1cc(NC(=O)Cc2csc(N3CCNC3=O)n2)cn1. The predicted molar refractivity (Wildman–Crippen MR) is 78.4 cm³/mol. The minimum atomic E-state index is -0.161. The largest absolute Gasteiger partial charge is 0.336 e. The quantitative estimate of drug-likeness (QED) is 0.864. The summed E-state index contributed by atoms with van der Waals surface area (Å²) < 4.78 is 1.61. The summed E-state index contributed by atoms with van der Waals surface area (Å²) in [6.45, 7) is 1.23. The summed E-state index contributed by atoms with van der Waals surface area (Å²) in [7, 11) is 1.78. The molecule has 0 bridgehead atoms. The van der Waals surface area contributed by atoms with Crippen LogP contribution in [0.2, 0.25) is 0 Å². The van der Waals surface area contributed by atoms with Crippen LogP contribution in [-0.2, 0) is 18.3 Å². The van der Waals surface area contributed by atoms with Crippen LogP contribution < -0.4 is 15.5 Å². The Labute approximate surface area is 124 Å². The number of rotatable bonds is 4. The second kappa shape index (κ2) is 5.52. The average Bonchev–Trinajstić information content (AvgIpc) is 3.12. The van der Waals surface area contributed by atoms with Gasteiger partial charge in [0.1, 0.15) is 0 Å². The van der Waals surface area contributed by atoms with Crippen molar-refractivity contribution in [1.82, 2.24) is 20.1 Å². The van der Waals surface area contributed by atoms with Crippen molar-refractivity contribution in [3.63, 3.8) is 0 Å². The lowest BCUT2D eigenvalue weighted by atomic mass is 10.3. The molecule has 1 aliphatic heterocycles. The zero-order valence-electron chi connectivity index (χ0n) is 11.4. The van der Waals surface area contributed by atoms with Crippen LogP contribution in [0, 0.1) is 0 Å². The van der Waals surface area contributed by atoms with E-state index < -0.39 is 0 Å². The van der Waals surface area contributed by atoms with Crippen LogP contribution in [-0.4, -0.2) is 39.8 Å². The molecular weight excluding hydrogens is 292 g/mol. The van der Waals surface area contributed by atoms with E-state index in [9.17, 15) is 9.59 Å². The first-order valence-corrected chi connectivity index (χ1v) is 7.28. The van der Waals surface area contributed by atoms with Crippen LogP contribution in [0.15, 0.2) is 17.8 Å². The molecule has 2 N–H and O–H groups in total. The van der Waals surface area contributed by atoms with Crippen molar-refractivity contribution in [3.05, 3.63) is 23.5 Å². The van der Waals surface area contributed by atoms with E-state index in [0.717, 1.165) is 0 Å². The molecule has 3 heterocycles. The van der Waals surface area contributed by atoms with Crippen molar-refractivity contribution in [2.45, 2.75) is 6.42 Å². The minimum Gasteiger partial charge on any atom is -0.336 e. The highest BCUT2D eigenvalue weighted by Crippen LogP contribution is 2.22. The van der Waals surface area contributed by atoms with E-state index in [4.69, 9.17) is 0 Å². The van der Waals surface area contributed by atoms with Crippen LogP contribution in [0.3, 0.4) is 0 Å². The van der Waals surface area contributed by atoms with Gasteiger partial charge in [0, 0.05) is 31.7 Å². The highest BCUT2D eigenvalue weighted by molar-refractivity contribution is 7.14. The maximum Gasteiger partial charge on any atom is 0.323 e. The summed E-state index contributed by atoms with van der Waals surface area (Å²) >= 11 is 1.36. The van der Waals surface area contributed by atoms with Gasteiger partial charge in [0.2, 0.25) is 5.91 Å². The summed E-state index contributed by atoms with van der Waals surface area (Å²) in [5, 5.41) is 11.9. The number of urea groups is 1. The van der Waals surface area contributed by atoms with E-state index in [-0.39, 0.29) is 18.4 Å². The van der Waals surface area contributed by atoms with Crippen molar-refractivity contribution >= 4 is 34.1 Å². The lowest BCUT2D eigenvalue weighted by Gasteiger charge is -2.08. The second-order valence-electron chi connectivity index (χ2n) is 4.63. The molecule has 2 aromatic rings. The molecule has 8 nitrogen and oxygen atoms in total. The van der Waals surface area contributed by atoms with Gasteiger partial charge in [0.25, 0.3) is 0 Å². The fourth-order valence-corrected chi connectivity index (χ4v) is 2.86. The molecule has 0 atom stereocenters. The highest BCUT2D eigenvalue weighted by Gasteiger charge is 2.24. The number of thiazole rings is 1. The van der Waals surface area contributed by atoms with Gasteiger partial charge in [-0.05, 0) is 0 Å². The van der Waals surface area contributed by atoms with Crippen LogP contribution >= 0.6 is 11.3 Å². The molecule has 0 spiro atoms. The molecule has 0 aromatic carbocycles. The number of nitrogens with one attached hydrogen (secondary N) is 2. The molecule has 0 unspecified atom stereocenters. The van der Waals surface area contributed by atoms with Gasteiger partial charge < -0.3 is 10.6 Å². The summed E-state index contributed by atoms with van der Waals surface area (Å²) in [4.78, 5) is 29.4. The lowest BCUT2D eigenvalue weighted by Crippen LogP contribution is -2.27. The Morgan fingerprint density at radius 3 is 3.10 bits per heavy atom. The smallest absolute Gasteiger partial charge is 0.323 e. The maximum atomic E-state index is 11.9. The molecule has 110 valence electrons. The van der Waals surface area contributed by atoms with Gasteiger partial charge >= 0.3 is 6.03 Å². The molecule has 3 rings (SSSR count). The van der Waals surface area contributed by atoms with Crippen LogP contribution in [0.4, 0.5) is 15.6 Å². The third kappa shape index (κ3) is 3.02. The first kappa shape index (κ1) is 13.6. The van der Waals surface area contributed by atoms with E-state index in [1.165, 1.54) is 11.3 Å². The zero-order chi connectivity index (χ0) is 14.8. The first-order chi connectivity index (χ1) is 10.1. The third-order valence-electron chi connectivity index (χ3n) is 2.96. The molecule has 1 aliphatic rings. The van der Waals surface area contributed by atoms with Crippen LogP contribution in [0.25, 0.3) is 0 Å². The molecule has 0 radical (unpaired) electrons. The summed E-state index contributed by atoms with van der Waals surface area (Å²) in [5.74, 6) is -0.161. The fraction of sp³-hybridized carbons (Fsp3) is 0.333. The van der Waals surface area contributed by atoms with Crippen LogP contribution in [0.5, 0.6) is 0 Å². The third-order valence-corrected chi connectivity index (χ3v) is 3.87. The molecule has 9 heteroatoms. The molecule has 2 aromatic heterocycles. The van der Waals surface area contributed by atoms with Gasteiger partial charge in [-0.15, -0.1) is 11.3 Å². The van der Waals surface area contributed by atoms with Crippen molar-refractivity contribution in [3.8, 4) is 0 Å². The molecule has 0 saturated carbocycles. The maximum absolute atomic E-state index is 11.9. The second-order valence-corrected chi connectivity index (χ2v) is 5.47. The minimum absolute atomic E-state index is 0.143. The van der Waals surface area contributed by atoms with E-state index in [2.05, 4.69) is 20.7 Å². The van der Waals surface area contributed by atoms with E-state index in [1.54, 1.807) is 34.4 Å². The van der Waals surface area contributed by atoms with Crippen molar-refractivity contribution in [2.75, 3.05) is 23.3 Å². The summed E-state index contributed by atoms with van der Waals surface area (Å²) in [5.41, 5.74) is 1.30. The van der Waals surface area contributed by atoms with Gasteiger partial charge in [0.05, 0.1) is 24.0 Å². The number of aromatic nitrogens is 3. The normalized spacial score (nSPS) is 14.3. The number of nitrogens with zero attached hydrogens (tertiary/aromatic N) is 4. The molecule has 21 heavy (non-hydrogen) atoms. The summed E-state index contributed by atoms with van der Waals surface area (Å²) in [6, 6.07) is -0.143. The standard InChI is InChI=1S/C12H14N6O2S/c1-17-6-9(5-14-17)15-10(19)4-8-7-21-12(16-8)18-3-2-13-11(18)20/h5-7H,2-4H2,1H3,(H,13,20)(H,15,19). The van der Waals surface area contributed by atoms with E-state index in [0.29, 0.717) is 29.6 Å². The molecule has 0 aliphatic carbocycles. The van der Waals surface area contributed by atoms with E-state index >= 15 is 0 Å². The number of hydrogen-bond donors (Lipinski definition) is 2. The molecule has 3 amide bonds. The molecule has 1 fully saturated rings. The Hall–Kier alpha value is -2.42. The number of carbonyl (C=O) groups is 2. The fourth-order valence-electron chi connectivity index (χ4n) is 2.01. The van der Waals surface area contributed by atoms with E-state index in [1.807, 2.05) is 0 Å². The lowest BCUT2D eigenvalue weighted by molar-refractivity contribution is -0.115. The van der Waals surface area contributed by atoms with Gasteiger partial charge in [-0.2, -0.15) is 5.10 Å². The predicted octanol–water partition coefficient (Wildman–Crippen LogP) is 0.587. The molecule has 1 saturated heterocycles. The highest BCUT2D eigenvalue weighted by atomic mass is 32.1. The monoisotopic (exact) mass is 306 g/mol. The number of aryl methyl sites for hydroxylation is 1. The van der Waals surface area contributed by atoms with Crippen molar-refractivity contribution < 1.29 is 9.59 Å². The first-order valence-electron chi connectivity index (χ1n) is 6.40. The average molecular weight is 306 g/mol. The Morgan fingerprint density at radius 2 is 2.43 bits per heavy atom. The van der Waals surface area contributed by atoms with Gasteiger partial charge in [-0.3, -0.25) is 14.4 Å². The summed E-state index contributed by atoms with van der Waals surface area (Å²) in [6.07, 6.45) is 3.47. The van der Waals surface area contributed by atoms with Gasteiger partial charge in [-0.25, -0.2) is 9.78 Å². The Bertz CT molecular complexity index is 679. The number of amides is 3. The van der Waals surface area contributed by atoms with Gasteiger partial charge in [-0.1, -0.05) is 0 Å². The topological polar surface area (TPSA) is 92.2 Å². The van der Waals surface area contributed by atoms with Crippen molar-refractivity contribution in [1.29, 1.82) is 0 Å². The van der Waals surface area contributed by atoms with Crippen molar-refractivity contribution in [2.24, 2.45) is 7.05 Å². The number of carbonyl (C=O) groups excluding carboxylic acids is 2. The van der Waals surface area contributed by atoms with Gasteiger partial charge in [0.15, 0.2) is 5.13 Å². The zero-order valence-corrected chi connectivity index (χ0v) is 12.2. The Morgan fingerprint density at radius 1 is 1.57 bits per heavy atom. The molecular formula is C12H14N6O2S. The number of hydrogen-bond acceptors (Lipinski definition) is 5. The Balaban J connectivity index is 1.61.